The van der Waals surface area contributed by atoms with Crippen LogP contribution in [0.15, 0.2) is 16.9 Å². The van der Waals surface area contributed by atoms with Gasteiger partial charge in [-0.1, -0.05) is 5.16 Å². The van der Waals surface area contributed by atoms with Gasteiger partial charge in [-0.05, 0) is 6.92 Å². The zero-order chi connectivity index (χ0) is 14.1. The second-order valence-corrected chi connectivity index (χ2v) is 5.40. The van der Waals surface area contributed by atoms with Gasteiger partial charge in [0.2, 0.25) is 0 Å². The third-order valence-electron chi connectivity index (χ3n) is 3.84. The molecule has 0 radical (unpaired) electrons. The Kier molecular flexibility index (Phi) is 3.58. The van der Waals surface area contributed by atoms with Gasteiger partial charge in [0.25, 0.3) is 0 Å². The maximum atomic E-state index is 5.37. The van der Waals surface area contributed by atoms with E-state index in [1.54, 1.807) is 7.11 Å². The smallest absolute Gasteiger partial charge is 0.133 e. The third-order valence-corrected chi connectivity index (χ3v) is 3.84. The standard InChI is InChI=1S/C14H20N4O2/c1-10-4-11(16-20-10)6-18-7-13-14(17(2)9-15-13)5-12(18)8-19-3/h4,9,12H,5-8H2,1-3H3/t12-/m0/s1. The van der Waals surface area contributed by atoms with E-state index in [0.717, 1.165) is 36.7 Å². The Hall–Kier alpha value is -1.66. The number of hydrogen-bond donors (Lipinski definition) is 0. The van der Waals surface area contributed by atoms with E-state index in [2.05, 4.69) is 19.6 Å². The van der Waals surface area contributed by atoms with Gasteiger partial charge in [-0.2, -0.15) is 0 Å². The first-order valence-electron chi connectivity index (χ1n) is 6.81. The highest BCUT2D eigenvalue weighted by atomic mass is 16.5. The van der Waals surface area contributed by atoms with E-state index in [0.29, 0.717) is 12.6 Å². The predicted molar refractivity (Wildman–Crippen MR) is 73.1 cm³/mol. The van der Waals surface area contributed by atoms with Crippen LogP contribution in [-0.2, 0) is 31.3 Å². The first kappa shape index (κ1) is 13.3. The van der Waals surface area contributed by atoms with Crippen molar-refractivity contribution in [2.45, 2.75) is 32.5 Å². The molecule has 2 aromatic rings. The molecular weight excluding hydrogens is 256 g/mol. The normalized spacial score (nSPS) is 19.2. The minimum absolute atomic E-state index is 0.347. The van der Waals surface area contributed by atoms with E-state index in [4.69, 9.17) is 9.26 Å². The number of fused-ring (bicyclic) bond motifs is 1. The molecule has 6 heteroatoms. The molecule has 108 valence electrons. The molecule has 0 fully saturated rings. The maximum absolute atomic E-state index is 5.37. The van der Waals surface area contributed by atoms with Crippen molar-refractivity contribution in [3.8, 4) is 0 Å². The lowest BCUT2D eigenvalue weighted by molar-refractivity contribution is 0.0685. The summed E-state index contributed by atoms with van der Waals surface area (Å²) in [7, 11) is 3.80. The second-order valence-electron chi connectivity index (χ2n) is 5.40. The van der Waals surface area contributed by atoms with Crippen molar-refractivity contribution in [1.82, 2.24) is 19.6 Å². The monoisotopic (exact) mass is 276 g/mol. The second kappa shape index (κ2) is 5.38. The van der Waals surface area contributed by atoms with Crippen LogP contribution in [0.5, 0.6) is 0 Å². The zero-order valence-corrected chi connectivity index (χ0v) is 12.2. The number of nitrogens with zero attached hydrogens (tertiary/aromatic N) is 4. The fourth-order valence-electron chi connectivity index (χ4n) is 2.81. The predicted octanol–water partition coefficient (Wildman–Crippen LogP) is 1.29. The quantitative estimate of drug-likeness (QED) is 0.842. The van der Waals surface area contributed by atoms with Gasteiger partial charge in [0.05, 0.1) is 24.3 Å². The summed E-state index contributed by atoms with van der Waals surface area (Å²) >= 11 is 0. The van der Waals surface area contributed by atoms with Crippen molar-refractivity contribution in [3.63, 3.8) is 0 Å². The average Bonchev–Trinajstić information content (AvgIpc) is 2.98. The largest absolute Gasteiger partial charge is 0.383 e. The molecule has 20 heavy (non-hydrogen) atoms. The summed E-state index contributed by atoms with van der Waals surface area (Å²) < 4.78 is 12.6. The summed E-state index contributed by atoms with van der Waals surface area (Å²) in [6, 6.07) is 2.33. The van der Waals surface area contributed by atoms with Gasteiger partial charge in [-0.25, -0.2) is 4.98 Å². The molecule has 0 saturated heterocycles. The van der Waals surface area contributed by atoms with E-state index < -0.39 is 0 Å². The highest BCUT2D eigenvalue weighted by Gasteiger charge is 2.29. The van der Waals surface area contributed by atoms with Gasteiger partial charge in [0, 0.05) is 51.5 Å². The molecule has 3 rings (SSSR count). The summed E-state index contributed by atoms with van der Waals surface area (Å²) in [5, 5.41) is 4.08. The first-order chi connectivity index (χ1) is 9.67. The lowest BCUT2D eigenvalue weighted by atomic mass is 10.0. The van der Waals surface area contributed by atoms with Crippen LogP contribution in [-0.4, -0.2) is 39.4 Å². The number of imidazole rings is 1. The molecule has 1 atom stereocenters. The first-order valence-corrected chi connectivity index (χ1v) is 6.81. The average molecular weight is 276 g/mol. The molecule has 6 nitrogen and oxygen atoms in total. The topological polar surface area (TPSA) is 56.3 Å². The van der Waals surface area contributed by atoms with Crippen molar-refractivity contribution in [1.29, 1.82) is 0 Å². The van der Waals surface area contributed by atoms with Gasteiger partial charge in [-0.3, -0.25) is 4.90 Å². The van der Waals surface area contributed by atoms with E-state index in [1.807, 2.05) is 26.4 Å². The van der Waals surface area contributed by atoms with Crippen molar-refractivity contribution < 1.29 is 9.26 Å². The number of rotatable bonds is 4. The Morgan fingerprint density at radius 2 is 2.35 bits per heavy atom. The number of aryl methyl sites for hydroxylation is 2. The van der Waals surface area contributed by atoms with Crippen LogP contribution < -0.4 is 0 Å². The minimum Gasteiger partial charge on any atom is -0.383 e. The van der Waals surface area contributed by atoms with Crippen LogP contribution in [0.4, 0.5) is 0 Å². The van der Waals surface area contributed by atoms with Crippen molar-refractivity contribution in [2.75, 3.05) is 13.7 Å². The number of aromatic nitrogens is 3. The zero-order valence-electron chi connectivity index (χ0n) is 12.2. The Morgan fingerprint density at radius 3 is 3.05 bits per heavy atom. The van der Waals surface area contributed by atoms with Crippen LogP contribution in [0.2, 0.25) is 0 Å². The van der Waals surface area contributed by atoms with Crippen LogP contribution in [0.25, 0.3) is 0 Å². The Morgan fingerprint density at radius 1 is 1.50 bits per heavy atom. The molecule has 0 N–H and O–H groups in total. The van der Waals surface area contributed by atoms with E-state index in [1.165, 1.54) is 5.69 Å². The molecule has 0 saturated carbocycles. The SMILES string of the molecule is COC[C@@H]1Cc2c(ncn2C)CN1Cc1cc(C)on1. The molecular formula is C14H20N4O2. The van der Waals surface area contributed by atoms with Crippen LogP contribution in [0.3, 0.4) is 0 Å². The van der Waals surface area contributed by atoms with E-state index in [-0.39, 0.29) is 0 Å². The van der Waals surface area contributed by atoms with Crippen molar-refractivity contribution >= 4 is 0 Å². The van der Waals surface area contributed by atoms with Crippen molar-refractivity contribution in [2.24, 2.45) is 7.05 Å². The lowest BCUT2D eigenvalue weighted by Gasteiger charge is -2.34. The van der Waals surface area contributed by atoms with Crippen LogP contribution >= 0.6 is 0 Å². The fourth-order valence-corrected chi connectivity index (χ4v) is 2.81. The molecule has 2 aromatic heterocycles. The van der Waals surface area contributed by atoms with Crippen LogP contribution in [0, 0.1) is 6.92 Å². The van der Waals surface area contributed by atoms with Gasteiger partial charge in [0.1, 0.15) is 5.76 Å². The third kappa shape index (κ3) is 2.48. The number of hydrogen-bond acceptors (Lipinski definition) is 5. The molecule has 0 aromatic carbocycles. The fraction of sp³-hybridized carbons (Fsp3) is 0.571. The molecule has 1 aliphatic heterocycles. The summed E-state index contributed by atoms with van der Waals surface area (Å²) in [6.45, 7) is 4.22. The molecule has 0 unspecified atom stereocenters. The molecule has 3 heterocycles. The van der Waals surface area contributed by atoms with E-state index in [9.17, 15) is 0 Å². The Bertz CT molecular complexity index is 590. The van der Waals surface area contributed by atoms with Gasteiger partial charge < -0.3 is 13.8 Å². The van der Waals surface area contributed by atoms with Gasteiger partial charge >= 0.3 is 0 Å². The number of ether oxygens (including phenoxy) is 1. The molecule has 0 aliphatic carbocycles. The number of methoxy groups -OCH3 is 1. The van der Waals surface area contributed by atoms with Crippen molar-refractivity contribution in [3.05, 3.63) is 35.2 Å². The highest BCUT2D eigenvalue weighted by Crippen LogP contribution is 2.24. The minimum atomic E-state index is 0.347. The Balaban J connectivity index is 1.81. The lowest BCUT2D eigenvalue weighted by Crippen LogP contribution is -2.43. The molecule has 0 bridgehead atoms. The highest BCUT2D eigenvalue weighted by molar-refractivity contribution is 5.18. The van der Waals surface area contributed by atoms with E-state index >= 15 is 0 Å². The van der Waals surface area contributed by atoms with Crippen LogP contribution in [0.1, 0.15) is 22.8 Å². The summed E-state index contributed by atoms with van der Waals surface area (Å²) in [5.74, 6) is 0.846. The summed E-state index contributed by atoms with van der Waals surface area (Å²) in [5.41, 5.74) is 3.42. The summed E-state index contributed by atoms with van der Waals surface area (Å²) in [6.07, 6.45) is 2.84. The Labute approximate surface area is 118 Å². The molecule has 0 amide bonds. The van der Waals surface area contributed by atoms with Gasteiger partial charge in [0.15, 0.2) is 0 Å². The molecule has 0 spiro atoms. The maximum Gasteiger partial charge on any atom is 0.133 e. The molecule has 1 aliphatic rings. The van der Waals surface area contributed by atoms with Gasteiger partial charge in [-0.15, -0.1) is 0 Å². The summed E-state index contributed by atoms with van der Waals surface area (Å²) in [4.78, 5) is 6.84.